The molecular formula is C13H13FN4O. The number of aromatic nitrogens is 2. The number of hydrogen-bond donors (Lipinski definition) is 2. The van der Waals surface area contributed by atoms with Crippen LogP contribution in [0.5, 0.6) is 0 Å². The van der Waals surface area contributed by atoms with E-state index in [2.05, 4.69) is 20.6 Å². The van der Waals surface area contributed by atoms with Gasteiger partial charge >= 0.3 is 6.03 Å². The molecule has 0 unspecified atom stereocenters. The van der Waals surface area contributed by atoms with Crippen LogP contribution in [0.3, 0.4) is 0 Å². The molecule has 2 amide bonds. The van der Waals surface area contributed by atoms with Gasteiger partial charge in [-0.2, -0.15) is 0 Å². The minimum Gasteiger partial charge on any atom is -0.330 e. The quantitative estimate of drug-likeness (QED) is 0.891. The van der Waals surface area contributed by atoms with Crippen LogP contribution in [0.25, 0.3) is 0 Å². The molecular weight excluding hydrogens is 247 g/mol. The first kappa shape index (κ1) is 12.9. The molecule has 2 heterocycles. The monoisotopic (exact) mass is 260 g/mol. The summed E-state index contributed by atoms with van der Waals surface area (Å²) in [6, 6.07) is 7.43. The van der Waals surface area contributed by atoms with E-state index in [1.54, 1.807) is 12.3 Å². The third kappa shape index (κ3) is 3.74. The van der Waals surface area contributed by atoms with Crippen molar-refractivity contribution in [2.45, 2.75) is 13.0 Å². The molecule has 0 bridgehead atoms. The maximum atomic E-state index is 12.7. The Morgan fingerprint density at radius 2 is 2.11 bits per heavy atom. The van der Waals surface area contributed by atoms with Gasteiger partial charge < -0.3 is 5.32 Å². The highest BCUT2D eigenvalue weighted by molar-refractivity contribution is 5.88. The van der Waals surface area contributed by atoms with Crippen molar-refractivity contribution in [2.24, 2.45) is 0 Å². The number of carbonyl (C=O) groups is 1. The summed E-state index contributed by atoms with van der Waals surface area (Å²) in [6.07, 6.45) is 2.70. The Balaban J connectivity index is 1.93. The fourth-order valence-electron chi connectivity index (χ4n) is 1.50. The van der Waals surface area contributed by atoms with E-state index in [0.717, 1.165) is 11.9 Å². The minimum atomic E-state index is -0.451. The van der Waals surface area contributed by atoms with Gasteiger partial charge in [-0.25, -0.2) is 14.2 Å². The number of urea groups is 1. The Morgan fingerprint density at radius 3 is 2.74 bits per heavy atom. The largest absolute Gasteiger partial charge is 0.330 e. The molecule has 0 spiro atoms. The van der Waals surface area contributed by atoms with Crippen LogP contribution in [0, 0.1) is 5.82 Å². The summed E-state index contributed by atoms with van der Waals surface area (Å²) in [6.45, 7) is 1.82. The molecule has 6 heteroatoms. The molecule has 98 valence electrons. The third-order valence-electron chi connectivity index (χ3n) is 2.45. The van der Waals surface area contributed by atoms with Gasteiger partial charge in [-0.05, 0) is 31.2 Å². The van der Waals surface area contributed by atoms with E-state index in [0.29, 0.717) is 0 Å². The molecule has 2 aromatic rings. The number of rotatable bonds is 3. The van der Waals surface area contributed by atoms with Gasteiger partial charge in [0.05, 0.1) is 17.9 Å². The number of hydrogen-bond acceptors (Lipinski definition) is 3. The van der Waals surface area contributed by atoms with Crippen LogP contribution in [0.4, 0.5) is 15.0 Å². The van der Waals surface area contributed by atoms with Gasteiger partial charge in [-0.3, -0.25) is 10.3 Å². The molecule has 0 fully saturated rings. The number of pyridine rings is 2. The Kier molecular flexibility index (Phi) is 4.02. The standard InChI is InChI=1S/C13H13FN4O/c1-9(11-4-2-3-7-15-11)17-13(19)18-12-6-5-10(14)8-16-12/h2-9H,1H3,(H2,16,17,18,19)/t9-/m1/s1. The molecule has 0 aliphatic heterocycles. The van der Waals surface area contributed by atoms with E-state index in [9.17, 15) is 9.18 Å². The van der Waals surface area contributed by atoms with Crippen molar-refractivity contribution < 1.29 is 9.18 Å². The van der Waals surface area contributed by atoms with Gasteiger partial charge in [-0.15, -0.1) is 0 Å². The second kappa shape index (κ2) is 5.90. The molecule has 0 aliphatic carbocycles. The number of nitrogens with zero attached hydrogens (tertiary/aromatic N) is 2. The molecule has 0 radical (unpaired) electrons. The summed E-state index contributed by atoms with van der Waals surface area (Å²) < 4.78 is 12.7. The molecule has 1 atom stereocenters. The van der Waals surface area contributed by atoms with Crippen molar-refractivity contribution in [1.82, 2.24) is 15.3 Å². The normalized spacial score (nSPS) is 11.7. The Morgan fingerprint density at radius 1 is 1.26 bits per heavy atom. The highest BCUT2D eigenvalue weighted by Gasteiger charge is 2.10. The van der Waals surface area contributed by atoms with Gasteiger partial charge in [0, 0.05) is 6.20 Å². The third-order valence-corrected chi connectivity index (χ3v) is 2.45. The average molecular weight is 260 g/mol. The van der Waals surface area contributed by atoms with Gasteiger partial charge in [-0.1, -0.05) is 6.07 Å². The average Bonchev–Trinajstić information content (AvgIpc) is 2.42. The number of anilines is 1. The Labute approximate surface area is 109 Å². The van der Waals surface area contributed by atoms with E-state index < -0.39 is 11.8 Å². The SMILES string of the molecule is C[C@@H](NC(=O)Nc1ccc(F)cn1)c1ccccn1. The number of carbonyl (C=O) groups excluding carboxylic acids is 1. The Hall–Kier alpha value is -2.50. The first-order valence-corrected chi connectivity index (χ1v) is 5.75. The number of nitrogens with one attached hydrogen (secondary N) is 2. The van der Waals surface area contributed by atoms with Gasteiger partial charge in [0.2, 0.25) is 0 Å². The lowest BCUT2D eigenvalue weighted by atomic mass is 10.2. The van der Waals surface area contributed by atoms with Crippen LogP contribution in [-0.4, -0.2) is 16.0 Å². The summed E-state index contributed by atoms with van der Waals surface area (Å²) >= 11 is 0. The van der Waals surface area contributed by atoms with Crippen LogP contribution in [0.1, 0.15) is 18.7 Å². The summed E-state index contributed by atoms with van der Waals surface area (Å²) in [4.78, 5) is 19.6. The van der Waals surface area contributed by atoms with Crippen molar-refractivity contribution in [3.05, 3.63) is 54.2 Å². The van der Waals surface area contributed by atoms with Gasteiger partial charge in [0.15, 0.2) is 0 Å². The predicted molar refractivity (Wildman–Crippen MR) is 69.0 cm³/mol. The van der Waals surface area contributed by atoms with Crippen LogP contribution < -0.4 is 10.6 Å². The van der Waals surface area contributed by atoms with E-state index in [-0.39, 0.29) is 11.9 Å². The minimum absolute atomic E-state index is 0.235. The first-order valence-electron chi connectivity index (χ1n) is 5.75. The Bertz CT molecular complexity index is 544. The molecule has 2 aromatic heterocycles. The zero-order chi connectivity index (χ0) is 13.7. The maximum absolute atomic E-state index is 12.7. The van der Waals surface area contributed by atoms with Crippen molar-refractivity contribution in [3.8, 4) is 0 Å². The topological polar surface area (TPSA) is 66.9 Å². The number of halogens is 1. The van der Waals surface area contributed by atoms with E-state index >= 15 is 0 Å². The predicted octanol–water partition coefficient (Wildman–Crippen LogP) is 2.50. The molecule has 0 aliphatic rings. The fraction of sp³-hybridized carbons (Fsp3) is 0.154. The molecule has 19 heavy (non-hydrogen) atoms. The van der Waals surface area contributed by atoms with Gasteiger partial charge in [0.25, 0.3) is 0 Å². The maximum Gasteiger partial charge on any atom is 0.320 e. The number of amides is 2. The lowest BCUT2D eigenvalue weighted by molar-refractivity contribution is 0.249. The molecule has 0 saturated carbocycles. The van der Waals surface area contributed by atoms with Crippen LogP contribution >= 0.6 is 0 Å². The van der Waals surface area contributed by atoms with Crippen molar-refractivity contribution in [2.75, 3.05) is 5.32 Å². The second-order valence-corrected chi connectivity index (χ2v) is 3.94. The lowest BCUT2D eigenvalue weighted by Crippen LogP contribution is -2.31. The highest BCUT2D eigenvalue weighted by Crippen LogP contribution is 2.08. The fourth-order valence-corrected chi connectivity index (χ4v) is 1.50. The zero-order valence-electron chi connectivity index (χ0n) is 10.3. The molecule has 0 aromatic carbocycles. The smallest absolute Gasteiger partial charge is 0.320 e. The lowest BCUT2D eigenvalue weighted by Gasteiger charge is -2.13. The van der Waals surface area contributed by atoms with E-state index in [4.69, 9.17) is 0 Å². The summed E-state index contributed by atoms with van der Waals surface area (Å²) in [7, 11) is 0. The van der Waals surface area contributed by atoms with E-state index in [1.165, 1.54) is 12.1 Å². The van der Waals surface area contributed by atoms with Crippen LogP contribution in [0.2, 0.25) is 0 Å². The van der Waals surface area contributed by atoms with Crippen LogP contribution in [0.15, 0.2) is 42.7 Å². The molecule has 5 nitrogen and oxygen atoms in total. The van der Waals surface area contributed by atoms with Crippen molar-refractivity contribution in [3.63, 3.8) is 0 Å². The second-order valence-electron chi connectivity index (χ2n) is 3.94. The summed E-state index contributed by atoms with van der Waals surface area (Å²) in [5.74, 6) is -0.167. The summed E-state index contributed by atoms with van der Waals surface area (Å²) in [5, 5.41) is 5.23. The van der Waals surface area contributed by atoms with E-state index in [1.807, 2.05) is 19.1 Å². The van der Waals surface area contributed by atoms with Crippen LogP contribution in [-0.2, 0) is 0 Å². The first-order chi connectivity index (χ1) is 9.15. The summed E-state index contributed by atoms with van der Waals surface area (Å²) in [5.41, 5.74) is 0.754. The van der Waals surface area contributed by atoms with Crippen molar-refractivity contribution >= 4 is 11.8 Å². The molecule has 2 N–H and O–H groups in total. The molecule has 2 rings (SSSR count). The zero-order valence-corrected chi connectivity index (χ0v) is 10.3. The van der Waals surface area contributed by atoms with Gasteiger partial charge in [0.1, 0.15) is 11.6 Å². The van der Waals surface area contributed by atoms with Crippen molar-refractivity contribution in [1.29, 1.82) is 0 Å². The molecule has 0 saturated heterocycles. The highest BCUT2D eigenvalue weighted by atomic mass is 19.1.